The van der Waals surface area contributed by atoms with E-state index in [4.69, 9.17) is 9.97 Å². The highest BCUT2D eigenvalue weighted by atomic mass is 15.3. The number of hydrogen-bond acceptors (Lipinski definition) is 6. The van der Waals surface area contributed by atoms with E-state index >= 15 is 0 Å². The fraction of sp³-hybridized carbons (Fsp3) is 0.500. The van der Waals surface area contributed by atoms with Crippen molar-refractivity contribution in [1.29, 1.82) is 0 Å². The maximum absolute atomic E-state index is 4.82. The van der Waals surface area contributed by atoms with Gasteiger partial charge in [0, 0.05) is 25.8 Å². The zero-order valence-electron chi connectivity index (χ0n) is 15.9. The lowest BCUT2D eigenvalue weighted by molar-refractivity contribution is 0.279. The fourth-order valence-electron chi connectivity index (χ4n) is 4.07. The van der Waals surface area contributed by atoms with Crippen LogP contribution in [0.2, 0.25) is 0 Å². The molecule has 0 saturated carbocycles. The van der Waals surface area contributed by atoms with Crippen molar-refractivity contribution >= 4 is 28.5 Å². The molecular weight excluding hydrogens is 338 g/mol. The summed E-state index contributed by atoms with van der Waals surface area (Å²) in [6.45, 7) is 7.65. The molecule has 2 aliphatic heterocycles. The number of aromatic nitrogens is 5. The van der Waals surface area contributed by atoms with Gasteiger partial charge >= 0.3 is 0 Å². The third-order valence-electron chi connectivity index (χ3n) is 5.89. The Morgan fingerprint density at radius 3 is 2.81 bits per heavy atom. The first-order valence-electron chi connectivity index (χ1n) is 9.78. The van der Waals surface area contributed by atoms with Crippen LogP contribution in [-0.4, -0.2) is 44.8 Å². The van der Waals surface area contributed by atoms with Crippen LogP contribution >= 0.6 is 0 Å². The SMILES string of the molecule is CC1(C)CCN(c2cnc3c(N4CCCc5ncccc54)n[nH]c3n2)CC1. The van der Waals surface area contributed by atoms with Crippen LogP contribution < -0.4 is 9.80 Å². The van der Waals surface area contributed by atoms with Gasteiger partial charge in [0.2, 0.25) is 0 Å². The maximum atomic E-state index is 4.82. The summed E-state index contributed by atoms with van der Waals surface area (Å²) >= 11 is 0. The van der Waals surface area contributed by atoms with Crippen molar-refractivity contribution in [2.45, 2.75) is 39.5 Å². The number of nitrogens with one attached hydrogen (secondary N) is 1. The Kier molecular flexibility index (Phi) is 3.77. The Hall–Kier alpha value is -2.70. The molecule has 5 heterocycles. The van der Waals surface area contributed by atoms with E-state index in [0.29, 0.717) is 5.41 Å². The van der Waals surface area contributed by atoms with Gasteiger partial charge in [-0.05, 0) is 43.2 Å². The molecule has 7 nitrogen and oxygen atoms in total. The molecule has 5 rings (SSSR count). The Bertz CT molecular complexity index is 967. The second-order valence-electron chi connectivity index (χ2n) is 8.35. The summed E-state index contributed by atoms with van der Waals surface area (Å²) < 4.78 is 0. The molecular formula is C20H25N7. The Labute approximate surface area is 158 Å². The second kappa shape index (κ2) is 6.18. The van der Waals surface area contributed by atoms with Gasteiger partial charge in [-0.3, -0.25) is 10.1 Å². The second-order valence-corrected chi connectivity index (χ2v) is 8.35. The standard InChI is InChI=1S/C20H25N7/c1-20(2)7-11-26(12-8-20)16-13-22-17-18(23-16)24-25-19(17)27-10-4-5-14-15(27)6-3-9-21-14/h3,6,9,13H,4-5,7-8,10-12H2,1-2H3,(H,23,24,25). The Morgan fingerprint density at radius 2 is 1.96 bits per heavy atom. The number of H-pyrrole nitrogens is 1. The quantitative estimate of drug-likeness (QED) is 0.752. The van der Waals surface area contributed by atoms with Crippen LogP contribution in [0.4, 0.5) is 17.3 Å². The van der Waals surface area contributed by atoms with Crippen LogP contribution in [0, 0.1) is 5.41 Å². The minimum absolute atomic E-state index is 0.422. The molecule has 2 aliphatic rings. The molecule has 1 N–H and O–H groups in total. The molecule has 0 aliphatic carbocycles. The Balaban J connectivity index is 1.47. The van der Waals surface area contributed by atoms with Crippen molar-refractivity contribution in [3.63, 3.8) is 0 Å². The topological polar surface area (TPSA) is 73.8 Å². The largest absolute Gasteiger partial charge is 0.355 e. The fourth-order valence-corrected chi connectivity index (χ4v) is 4.07. The number of fused-ring (bicyclic) bond motifs is 2. The van der Waals surface area contributed by atoms with Crippen LogP contribution in [0.15, 0.2) is 24.5 Å². The molecule has 0 unspecified atom stereocenters. The minimum Gasteiger partial charge on any atom is -0.355 e. The minimum atomic E-state index is 0.422. The van der Waals surface area contributed by atoms with Crippen molar-refractivity contribution < 1.29 is 0 Å². The first-order chi connectivity index (χ1) is 13.1. The van der Waals surface area contributed by atoms with Crippen molar-refractivity contribution in [1.82, 2.24) is 25.1 Å². The van der Waals surface area contributed by atoms with Gasteiger partial charge in [0.1, 0.15) is 5.82 Å². The van der Waals surface area contributed by atoms with Crippen molar-refractivity contribution in [2.75, 3.05) is 29.4 Å². The highest BCUT2D eigenvalue weighted by Gasteiger charge is 2.27. The molecule has 27 heavy (non-hydrogen) atoms. The molecule has 1 fully saturated rings. The molecule has 7 heteroatoms. The summed E-state index contributed by atoms with van der Waals surface area (Å²) in [6, 6.07) is 4.09. The number of rotatable bonds is 2. The molecule has 0 amide bonds. The van der Waals surface area contributed by atoms with Crippen LogP contribution in [-0.2, 0) is 6.42 Å². The zero-order valence-corrected chi connectivity index (χ0v) is 15.9. The number of pyridine rings is 1. The lowest BCUT2D eigenvalue weighted by atomic mass is 9.83. The highest BCUT2D eigenvalue weighted by Crippen LogP contribution is 2.35. The third kappa shape index (κ3) is 2.91. The summed E-state index contributed by atoms with van der Waals surface area (Å²) in [5.74, 6) is 1.78. The predicted octanol–water partition coefficient (Wildman–Crippen LogP) is 3.46. The third-order valence-corrected chi connectivity index (χ3v) is 5.89. The molecule has 0 spiro atoms. The van der Waals surface area contributed by atoms with E-state index in [0.717, 1.165) is 66.7 Å². The van der Waals surface area contributed by atoms with Gasteiger partial charge in [-0.15, -0.1) is 0 Å². The first kappa shape index (κ1) is 16.5. The predicted molar refractivity (Wildman–Crippen MR) is 106 cm³/mol. The van der Waals surface area contributed by atoms with Gasteiger partial charge in [0.15, 0.2) is 17.0 Å². The van der Waals surface area contributed by atoms with E-state index in [9.17, 15) is 0 Å². The van der Waals surface area contributed by atoms with Crippen molar-refractivity contribution in [3.05, 3.63) is 30.2 Å². The van der Waals surface area contributed by atoms with Gasteiger partial charge in [0.25, 0.3) is 0 Å². The smallest absolute Gasteiger partial charge is 0.183 e. The number of hydrogen-bond donors (Lipinski definition) is 1. The monoisotopic (exact) mass is 363 g/mol. The normalized spacial score (nSPS) is 19.3. The average Bonchev–Trinajstić information content (AvgIpc) is 3.10. The summed E-state index contributed by atoms with van der Waals surface area (Å²) in [5, 5.41) is 7.66. The summed E-state index contributed by atoms with van der Waals surface area (Å²) in [5.41, 5.74) is 4.25. The van der Waals surface area contributed by atoms with E-state index in [1.807, 2.05) is 18.5 Å². The maximum Gasteiger partial charge on any atom is 0.183 e. The Morgan fingerprint density at radius 1 is 1.11 bits per heavy atom. The highest BCUT2D eigenvalue weighted by molar-refractivity contribution is 5.87. The lowest BCUT2D eigenvalue weighted by Crippen LogP contribution is -2.37. The molecule has 0 atom stereocenters. The molecule has 0 radical (unpaired) electrons. The van der Waals surface area contributed by atoms with Crippen LogP contribution in [0.3, 0.4) is 0 Å². The molecule has 3 aromatic rings. The van der Waals surface area contributed by atoms with Gasteiger partial charge in [-0.1, -0.05) is 13.8 Å². The number of aryl methyl sites for hydroxylation is 1. The van der Waals surface area contributed by atoms with E-state index in [-0.39, 0.29) is 0 Å². The summed E-state index contributed by atoms with van der Waals surface area (Å²) in [7, 11) is 0. The molecule has 0 bridgehead atoms. The zero-order chi connectivity index (χ0) is 18.4. The van der Waals surface area contributed by atoms with E-state index in [2.05, 4.69) is 44.9 Å². The van der Waals surface area contributed by atoms with Crippen LogP contribution in [0.25, 0.3) is 11.2 Å². The summed E-state index contributed by atoms with van der Waals surface area (Å²) in [6.07, 6.45) is 8.19. The number of aromatic amines is 1. The number of nitrogens with zero attached hydrogens (tertiary/aromatic N) is 6. The van der Waals surface area contributed by atoms with Crippen LogP contribution in [0.5, 0.6) is 0 Å². The number of anilines is 3. The van der Waals surface area contributed by atoms with Crippen molar-refractivity contribution in [3.8, 4) is 0 Å². The summed E-state index contributed by atoms with van der Waals surface area (Å²) in [4.78, 5) is 18.6. The van der Waals surface area contributed by atoms with E-state index in [1.54, 1.807) is 0 Å². The van der Waals surface area contributed by atoms with Gasteiger partial charge in [-0.25, -0.2) is 9.97 Å². The molecule has 3 aromatic heterocycles. The van der Waals surface area contributed by atoms with E-state index < -0.39 is 0 Å². The molecule has 1 saturated heterocycles. The molecule has 0 aromatic carbocycles. The van der Waals surface area contributed by atoms with Crippen LogP contribution in [0.1, 0.15) is 38.8 Å². The van der Waals surface area contributed by atoms with Gasteiger partial charge in [-0.2, -0.15) is 5.10 Å². The number of piperidine rings is 1. The van der Waals surface area contributed by atoms with E-state index in [1.165, 1.54) is 12.8 Å². The lowest BCUT2D eigenvalue weighted by Gasteiger charge is -2.37. The molecule has 140 valence electrons. The van der Waals surface area contributed by atoms with Gasteiger partial charge in [0.05, 0.1) is 17.6 Å². The van der Waals surface area contributed by atoms with Gasteiger partial charge < -0.3 is 9.80 Å². The van der Waals surface area contributed by atoms with Crippen molar-refractivity contribution in [2.24, 2.45) is 5.41 Å². The first-order valence-corrected chi connectivity index (χ1v) is 9.78. The average molecular weight is 363 g/mol.